The first-order valence-corrected chi connectivity index (χ1v) is 5.39. The Hall–Kier alpha value is -2.50. The van der Waals surface area contributed by atoms with Gasteiger partial charge in [0.15, 0.2) is 0 Å². The molecule has 0 aromatic heterocycles. The zero-order chi connectivity index (χ0) is 14.3. The predicted octanol–water partition coefficient (Wildman–Crippen LogP) is 2.33. The Morgan fingerprint density at radius 2 is 1.79 bits per heavy atom. The van der Waals surface area contributed by atoms with Crippen LogP contribution in [0.4, 0.5) is 0 Å². The fourth-order valence-corrected chi connectivity index (χ4v) is 1.20. The molecule has 0 N–H and O–H groups in total. The molecule has 1 amide bonds. The van der Waals surface area contributed by atoms with E-state index in [4.69, 9.17) is 0 Å². The van der Waals surface area contributed by atoms with Gasteiger partial charge in [0.2, 0.25) is 0 Å². The van der Waals surface area contributed by atoms with Gasteiger partial charge in [0.05, 0.1) is 0 Å². The fourth-order valence-electron chi connectivity index (χ4n) is 1.20. The summed E-state index contributed by atoms with van der Waals surface area (Å²) in [4.78, 5) is 25.1. The van der Waals surface area contributed by atoms with Gasteiger partial charge in [-0.1, -0.05) is 48.3 Å². The Morgan fingerprint density at radius 1 is 1.16 bits per heavy atom. The summed E-state index contributed by atoms with van der Waals surface area (Å²) in [7, 11) is 0. The van der Waals surface area contributed by atoms with Gasteiger partial charge < -0.3 is 5.21 Å². The van der Waals surface area contributed by atoms with E-state index in [1.54, 1.807) is 24.3 Å². The van der Waals surface area contributed by atoms with E-state index in [1.165, 1.54) is 6.08 Å². The van der Waals surface area contributed by atoms with Crippen molar-refractivity contribution in [2.45, 2.75) is 0 Å². The first-order valence-electron chi connectivity index (χ1n) is 5.39. The summed E-state index contributed by atoms with van der Waals surface area (Å²) in [5.41, 5.74) is 0.687. The minimum atomic E-state index is -1.90. The second kappa shape index (κ2) is 6.44. The average molecular weight is 259 g/mol. The summed E-state index contributed by atoms with van der Waals surface area (Å²) in [6, 6.07) is 8.81. The molecule has 1 aromatic rings. The number of nitrogens with zero attached hydrogens (tertiary/aromatic N) is 1. The Bertz CT molecular complexity index is 522. The minimum Gasteiger partial charge on any atom is -0.576 e. The van der Waals surface area contributed by atoms with Crippen LogP contribution in [0.1, 0.15) is 5.56 Å². The van der Waals surface area contributed by atoms with Crippen LogP contribution in [0.25, 0.3) is 6.08 Å². The number of carbonyl (C=O) groups is 2. The van der Waals surface area contributed by atoms with Gasteiger partial charge in [0, 0.05) is 18.2 Å². The Kier molecular flexibility index (Phi) is 4.93. The Balaban J connectivity index is 3.01. The highest BCUT2D eigenvalue weighted by Gasteiger charge is 2.28. The van der Waals surface area contributed by atoms with Crippen molar-refractivity contribution in [3.8, 4) is 0 Å². The zero-order valence-electron chi connectivity index (χ0n) is 10.2. The maximum atomic E-state index is 12.1. The maximum Gasteiger partial charge on any atom is 0.391 e. The summed E-state index contributed by atoms with van der Waals surface area (Å²) in [5.74, 6) is -2.01. The van der Waals surface area contributed by atoms with Crippen molar-refractivity contribution in [3.05, 3.63) is 72.6 Å². The molecule has 0 saturated carbocycles. The second-order valence-corrected chi connectivity index (χ2v) is 3.48. The van der Waals surface area contributed by atoms with Crippen LogP contribution in [-0.4, -0.2) is 16.7 Å². The Labute approximate surface area is 110 Å². The smallest absolute Gasteiger partial charge is 0.391 e. The molecule has 0 aliphatic carbocycles. The van der Waals surface area contributed by atoms with Crippen molar-refractivity contribution in [2.75, 3.05) is 0 Å². The van der Waals surface area contributed by atoms with Crippen LogP contribution < -0.4 is 0 Å². The zero-order valence-corrected chi connectivity index (χ0v) is 10.2. The van der Waals surface area contributed by atoms with Crippen LogP contribution in [-0.2, 0) is 14.4 Å². The third-order valence-electron chi connectivity index (χ3n) is 2.14. The molecule has 98 valence electrons. The number of carbonyl (C=O) groups excluding carboxylic acids is 2. The van der Waals surface area contributed by atoms with Gasteiger partial charge in [-0.15, -0.1) is 0 Å². The van der Waals surface area contributed by atoms with Gasteiger partial charge in [-0.3, -0.25) is 4.84 Å². The Morgan fingerprint density at radius 3 is 2.32 bits per heavy atom. The molecule has 1 atom stereocenters. The molecule has 1 unspecified atom stereocenters. The molecule has 5 heteroatoms. The summed E-state index contributed by atoms with van der Waals surface area (Å²) < 4.78 is 0. The van der Waals surface area contributed by atoms with Crippen molar-refractivity contribution in [2.24, 2.45) is 0 Å². The van der Waals surface area contributed by atoms with Gasteiger partial charge >= 0.3 is 11.9 Å². The van der Waals surface area contributed by atoms with Gasteiger partial charge in [-0.05, 0) is 5.56 Å². The van der Waals surface area contributed by atoms with E-state index in [1.807, 2.05) is 6.07 Å². The highest BCUT2D eigenvalue weighted by Crippen LogP contribution is 2.13. The molecule has 0 aliphatic heterocycles. The molecular weight excluding hydrogens is 246 g/mol. The summed E-state index contributed by atoms with van der Waals surface area (Å²) in [6.07, 6.45) is 3.89. The first-order chi connectivity index (χ1) is 9.01. The molecule has 5 nitrogen and oxygen atoms in total. The van der Waals surface area contributed by atoms with Gasteiger partial charge in [-0.2, -0.15) is 0 Å². The van der Waals surface area contributed by atoms with Crippen molar-refractivity contribution in [3.63, 3.8) is 0 Å². The molecule has 1 rings (SSSR count). The van der Waals surface area contributed by atoms with E-state index in [-0.39, 0.29) is 0 Å². The number of benzene rings is 1. The lowest BCUT2D eigenvalue weighted by Gasteiger charge is -2.29. The van der Waals surface area contributed by atoms with Crippen molar-refractivity contribution in [1.29, 1.82) is 0 Å². The standard InChI is InChI=1S/C14H13NO4/c1-3-13(16)15(18,19-14(17)4-2)11-10-12-8-6-5-7-9-12/h3-11H,1-2H2. The summed E-state index contributed by atoms with van der Waals surface area (Å²) >= 11 is 0. The van der Waals surface area contributed by atoms with Crippen LogP contribution in [0, 0.1) is 5.21 Å². The number of quaternary nitrogens is 1. The SMILES string of the molecule is C=CC(=O)O[N+]([O-])(C=Cc1ccccc1)C(=O)C=C. The molecule has 0 radical (unpaired) electrons. The van der Waals surface area contributed by atoms with E-state index >= 15 is 0 Å². The molecular formula is C14H13NO4. The van der Waals surface area contributed by atoms with Crippen LogP contribution in [0.5, 0.6) is 0 Å². The summed E-state index contributed by atoms with van der Waals surface area (Å²) in [6.45, 7) is 6.36. The number of hydroxylamine groups is 4. The number of hydrogen-bond acceptors (Lipinski definition) is 4. The highest BCUT2D eigenvalue weighted by molar-refractivity contribution is 5.84. The van der Waals surface area contributed by atoms with E-state index in [0.29, 0.717) is 5.56 Å². The highest BCUT2D eigenvalue weighted by atomic mass is 16.9. The lowest BCUT2D eigenvalue weighted by molar-refractivity contribution is -0.939. The second-order valence-electron chi connectivity index (χ2n) is 3.48. The molecule has 1 aromatic carbocycles. The van der Waals surface area contributed by atoms with E-state index < -0.39 is 16.7 Å². The van der Waals surface area contributed by atoms with Gasteiger partial charge in [0.1, 0.15) is 6.20 Å². The molecule has 0 saturated heterocycles. The van der Waals surface area contributed by atoms with Crippen LogP contribution >= 0.6 is 0 Å². The topological polar surface area (TPSA) is 66.4 Å². The third kappa shape index (κ3) is 4.02. The van der Waals surface area contributed by atoms with Gasteiger partial charge in [-0.25, -0.2) is 9.59 Å². The first kappa shape index (κ1) is 14.6. The lowest BCUT2D eigenvalue weighted by atomic mass is 10.2. The summed E-state index contributed by atoms with van der Waals surface area (Å²) in [5, 5.41) is 12.1. The fraction of sp³-hybridized carbons (Fsp3) is 0. The predicted molar refractivity (Wildman–Crippen MR) is 70.6 cm³/mol. The van der Waals surface area contributed by atoms with E-state index in [2.05, 4.69) is 18.0 Å². The monoisotopic (exact) mass is 259 g/mol. The third-order valence-corrected chi connectivity index (χ3v) is 2.14. The van der Waals surface area contributed by atoms with E-state index in [0.717, 1.165) is 18.4 Å². The van der Waals surface area contributed by atoms with Gasteiger partial charge in [0.25, 0.3) is 0 Å². The number of amides is 1. The maximum absolute atomic E-state index is 12.1. The van der Waals surface area contributed by atoms with Crippen LogP contribution in [0.15, 0.2) is 61.8 Å². The molecule has 0 aliphatic rings. The van der Waals surface area contributed by atoms with E-state index in [9.17, 15) is 14.8 Å². The number of rotatable bonds is 4. The van der Waals surface area contributed by atoms with Crippen LogP contribution in [0.2, 0.25) is 0 Å². The largest absolute Gasteiger partial charge is 0.576 e. The van der Waals surface area contributed by atoms with Crippen molar-refractivity contribution >= 4 is 18.0 Å². The molecule has 0 heterocycles. The van der Waals surface area contributed by atoms with Crippen molar-refractivity contribution in [1.82, 2.24) is 0 Å². The average Bonchev–Trinajstić information content (AvgIpc) is 2.45. The molecule has 0 bridgehead atoms. The normalized spacial score (nSPS) is 13.5. The van der Waals surface area contributed by atoms with Crippen molar-refractivity contribution < 1.29 is 19.2 Å². The molecule has 19 heavy (non-hydrogen) atoms. The minimum absolute atomic E-state index is 0.687. The lowest BCUT2D eigenvalue weighted by Crippen LogP contribution is -2.42. The molecule has 0 spiro atoms. The quantitative estimate of drug-likeness (QED) is 0.473. The number of hydrogen-bond donors (Lipinski definition) is 0. The van der Waals surface area contributed by atoms with Crippen LogP contribution in [0.3, 0.4) is 0 Å². The molecule has 0 fully saturated rings.